The molecule has 2 rings (SSSR count). The maximum Gasteiger partial charge on any atom is 0.432 e. The van der Waals surface area contributed by atoms with Gasteiger partial charge in [-0.15, -0.1) is 0 Å². The number of aliphatic hydroxyl groups excluding tert-OH is 1. The lowest BCUT2D eigenvalue weighted by molar-refractivity contribution is -0.279. The number of benzene rings is 2. The Morgan fingerprint density at radius 2 is 1.57 bits per heavy atom. The molecule has 2 aromatic carbocycles. The van der Waals surface area contributed by atoms with Crippen molar-refractivity contribution < 1.29 is 37.3 Å². The number of ether oxygens (including phenoxy) is 3. The van der Waals surface area contributed by atoms with Crippen molar-refractivity contribution in [3.8, 4) is 5.75 Å². The minimum atomic E-state index is -5.08. The molecule has 0 fully saturated rings. The van der Waals surface area contributed by atoms with Gasteiger partial charge >= 0.3 is 12.1 Å². The summed E-state index contributed by atoms with van der Waals surface area (Å²) in [5, 5.41) is 10.4. The second-order valence-electron chi connectivity index (χ2n) is 6.08. The molecule has 0 aliphatic carbocycles. The Kier molecular flexibility index (Phi) is 6.69. The van der Waals surface area contributed by atoms with Gasteiger partial charge in [-0.05, 0) is 24.6 Å². The van der Waals surface area contributed by atoms with Crippen LogP contribution in [0.15, 0.2) is 54.6 Å². The molecule has 0 saturated heterocycles. The van der Waals surface area contributed by atoms with Crippen molar-refractivity contribution >= 4 is 5.97 Å². The molecule has 0 amide bonds. The number of rotatable bonds is 7. The average molecular weight is 398 g/mol. The SMILES string of the molecule is COc1ccc([C@H](O)[C@H](C)OC(=O)[C@](OC)(c2ccccc2)C(F)(F)F)cc1. The second kappa shape index (κ2) is 8.62. The first-order valence-electron chi connectivity index (χ1n) is 8.38. The highest BCUT2D eigenvalue weighted by Crippen LogP contribution is 2.43. The molecule has 8 heteroatoms. The van der Waals surface area contributed by atoms with Crippen LogP contribution in [0.4, 0.5) is 13.2 Å². The minimum absolute atomic E-state index is 0.357. The molecule has 0 unspecified atom stereocenters. The first kappa shape index (κ1) is 21.7. The lowest BCUT2D eigenvalue weighted by Gasteiger charge is -2.34. The summed E-state index contributed by atoms with van der Waals surface area (Å²) in [7, 11) is 2.26. The molecule has 0 heterocycles. The summed E-state index contributed by atoms with van der Waals surface area (Å²) < 4.78 is 56.3. The fourth-order valence-corrected chi connectivity index (χ4v) is 2.78. The maximum atomic E-state index is 13.9. The number of esters is 1. The van der Waals surface area contributed by atoms with Gasteiger partial charge in [-0.25, -0.2) is 4.79 Å². The number of methoxy groups -OCH3 is 2. The highest BCUT2D eigenvalue weighted by atomic mass is 19.4. The van der Waals surface area contributed by atoms with Gasteiger partial charge in [-0.1, -0.05) is 42.5 Å². The summed E-state index contributed by atoms with van der Waals surface area (Å²) in [4.78, 5) is 12.6. The molecule has 5 nitrogen and oxygen atoms in total. The normalized spacial score (nSPS) is 16.0. The Labute approximate surface area is 160 Å². The van der Waals surface area contributed by atoms with E-state index in [-0.39, 0.29) is 0 Å². The summed E-state index contributed by atoms with van der Waals surface area (Å²) in [6.07, 6.45) is -7.68. The highest BCUT2D eigenvalue weighted by Gasteiger charge is 2.64. The Hall–Kier alpha value is -2.58. The zero-order valence-electron chi connectivity index (χ0n) is 15.6. The van der Waals surface area contributed by atoms with E-state index in [9.17, 15) is 23.1 Å². The van der Waals surface area contributed by atoms with Gasteiger partial charge in [-0.2, -0.15) is 13.2 Å². The molecular formula is C20H21F3O5. The third kappa shape index (κ3) is 4.13. The van der Waals surface area contributed by atoms with Gasteiger partial charge in [0.15, 0.2) is 0 Å². The monoisotopic (exact) mass is 398 g/mol. The van der Waals surface area contributed by atoms with Gasteiger partial charge in [0.05, 0.1) is 7.11 Å². The Morgan fingerprint density at radius 1 is 1.00 bits per heavy atom. The minimum Gasteiger partial charge on any atom is -0.497 e. The third-order valence-electron chi connectivity index (χ3n) is 4.37. The molecule has 0 aliphatic heterocycles. The van der Waals surface area contributed by atoms with Crippen LogP contribution >= 0.6 is 0 Å². The van der Waals surface area contributed by atoms with E-state index in [4.69, 9.17) is 9.47 Å². The molecule has 0 spiro atoms. The van der Waals surface area contributed by atoms with E-state index in [0.29, 0.717) is 11.3 Å². The van der Waals surface area contributed by atoms with E-state index >= 15 is 0 Å². The molecule has 3 atom stereocenters. The van der Waals surface area contributed by atoms with E-state index in [1.54, 1.807) is 12.1 Å². The fraction of sp³-hybridized carbons (Fsp3) is 0.350. The van der Waals surface area contributed by atoms with E-state index in [1.807, 2.05) is 0 Å². The highest BCUT2D eigenvalue weighted by molar-refractivity contribution is 5.82. The number of hydrogen-bond acceptors (Lipinski definition) is 5. The smallest absolute Gasteiger partial charge is 0.432 e. The molecule has 0 bridgehead atoms. The standard InChI is InChI=1S/C20H21F3O5/c1-13(17(24)14-9-11-16(26-2)12-10-14)28-18(25)19(27-3,20(21,22)23)15-7-5-4-6-8-15/h4-13,17,24H,1-3H3/t13-,17+,19+/m0/s1. The van der Waals surface area contributed by atoms with Crippen LogP contribution in [0.25, 0.3) is 0 Å². The summed E-state index contributed by atoms with van der Waals surface area (Å²) >= 11 is 0. The topological polar surface area (TPSA) is 65.0 Å². The molecule has 2 aromatic rings. The van der Waals surface area contributed by atoms with Gasteiger partial charge in [-0.3, -0.25) is 0 Å². The summed E-state index contributed by atoms with van der Waals surface area (Å²) in [6, 6.07) is 12.7. The fourth-order valence-electron chi connectivity index (χ4n) is 2.78. The van der Waals surface area contributed by atoms with Gasteiger partial charge in [0.25, 0.3) is 5.60 Å². The first-order valence-corrected chi connectivity index (χ1v) is 8.38. The first-order chi connectivity index (χ1) is 13.2. The summed E-state index contributed by atoms with van der Waals surface area (Å²) in [5.74, 6) is -1.12. The second-order valence-corrected chi connectivity index (χ2v) is 6.08. The molecule has 0 aromatic heterocycles. The predicted octanol–water partition coefficient (Wildman–Crippen LogP) is 3.76. The third-order valence-corrected chi connectivity index (χ3v) is 4.37. The van der Waals surface area contributed by atoms with Crippen LogP contribution in [0.2, 0.25) is 0 Å². The number of alkyl halides is 3. The number of hydrogen-bond donors (Lipinski definition) is 1. The van der Waals surface area contributed by atoms with Crippen LogP contribution in [-0.2, 0) is 19.9 Å². The molecule has 28 heavy (non-hydrogen) atoms. The van der Waals surface area contributed by atoms with Gasteiger partial charge in [0.1, 0.15) is 18.0 Å². The number of aliphatic hydroxyl groups is 1. The Bertz CT molecular complexity index is 777. The Morgan fingerprint density at radius 3 is 2.04 bits per heavy atom. The van der Waals surface area contributed by atoms with Crippen molar-refractivity contribution in [1.82, 2.24) is 0 Å². The van der Waals surface area contributed by atoms with Crippen LogP contribution in [0, 0.1) is 0 Å². The van der Waals surface area contributed by atoms with Crippen LogP contribution in [0.3, 0.4) is 0 Å². The van der Waals surface area contributed by atoms with Crippen LogP contribution in [-0.4, -0.2) is 37.6 Å². The number of carbonyl (C=O) groups is 1. The summed E-state index contributed by atoms with van der Waals surface area (Å²) in [6.45, 7) is 1.30. The number of carbonyl (C=O) groups excluding carboxylic acids is 1. The van der Waals surface area contributed by atoms with Gasteiger partial charge < -0.3 is 19.3 Å². The predicted molar refractivity (Wildman–Crippen MR) is 94.7 cm³/mol. The molecule has 1 N–H and O–H groups in total. The van der Waals surface area contributed by atoms with Gasteiger partial charge in [0.2, 0.25) is 0 Å². The maximum absolute atomic E-state index is 13.9. The van der Waals surface area contributed by atoms with Crippen LogP contribution in [0.5, 0.6) is 5.75 Å². The van der Waals surface area contributed by atoms with Crippen LogP contribution < -0.4 is 4.74 Å². The number of halogens is 3. The quantitative estimate of drug-likeness (QED) is 0.720. The van der Waals surface area contributed by atoms with E-state index in [2.05, 4.69) is 4.74 Å². The molecular weight excluding hydrogens is 377 g/mol. The molecule has 152 valence electrons. The molecule has 0 aliphatic rings. The van der Waals surface area contributed by atoms with Crippen molar-refractivity contribution in [3.05, 3.63) is 65.7 Å². The molecule has 0 saturated carbocycles. The zero-order chi connectivity index (χ0) is 20.9. The van der Waals surface area contributed by atoms with Crippen molar-refractivity contribution in [3.63, 3.8) is 0 Å². The Balaban J connectivity index is 2.29. The van der Waals surface area contributed by atoms with Crippen molar-refractivity contribution in [2.45, 2.75) is 30.9 Å². The molecule has 0 radical (unpaired) electrons. The lowest BCUT2D eigenvalue weighted by atomic mass is 9.92. The largest absolute Gasteiger partial charge is 0.497 e. The zero-order valence-corrected chi connectivity index (χ0v) is 15.6. The van der Waals surface area contributed by atoms with E-state index in [0.717, 1.165) is 19.2 Å². The van der Waals surface area contributed by atoms with Crippen LogP contribution in [0.1, 0.15) is 24.2 Å². The average Bonchev–Trinajstić information content (AvgIpc) is 2.68. The lowest BCUT2D eigenvalue weighted by Crippen LogP contribution is -2.52. The van der Waals surface area contributed by atoms with E-state index in [1.165, 1.54) is 44.4 Å². The van der Waals surface area contributed by atoms with Crippen molar-refractivity contribution in [2.75, 3.05) is 14.2 Å². The van der Waals surface area contributed by atoms with Gasteiger partial charge in [0, 0.05) is 12.7 Å². The van der Waals surface area contributed by atoms with Crippen molar-refractivity contribution in [2.24, 2.45) is 0 Å². The van der Waals surface area contributed by atoms with E-state index < -0.39 is 35.5 Å². The van der Waals surface area contributed by atoms with Crippen molar-refractivity contribution in [1.29, 1.82) is 0 Å². The summed E-state index contributed by atoms with van der Waals surface area (Å²) in [5.41, 5.74) is -3.36.